The number of hydrogen-bond acceptors (Lipinski definition) is 6. The minimum Gasteiger partial charge on any atom is -0.489 e. The van der Waals surface area contributed by atoms with Gasteiger partial charge in [0, 0.05) is 18.0 Å². The molecule has 0 N–H and O–H groups in total. The Labute approximate surface area is 259 Å². The van der Waals surface area contributed by atoms with Gasteiger partial charge in [0.2, 0.25) is 5.91 Å². The highest BCUT2D eigenvalue weighted by atomic mass is 32.2. The topological polar surface area (TPSA) is 97.8 Å². The average Bonchev–Trinajstić information content (AvgIpc) is 3.41. The molecule has 0 aromatic heterocycles. The molecule has 0 unspecified atom stereocenters. The Kier molecular flexibility index (Phi) is 8.00. The smallest absolute Gasteiger partial charge is 0.416 e. The fourth-order valence-electron chi connectivity index (χ4n) is 7.17. The van der Waals surface area contributed by atoms with Gasteiger partial charge in [0.1, 0.15) is 32.8 Å². The van der Waals surface area contributed by atoms with Gasteiger partial charge in [-0.3, -0.25) is 4.79 Å². The van der Waals surface area contributed by atoms with Crippen molar-refractivity contribution in [3.63, 3.8) is 0 Å². The summed E-state index contributed by atoms with van der Waals surface area (Å²) in [6.45, 7) is -0.514. The summed E-state index contributed by atoms with van der Waals surface area (Å²) in [6, 6.07) is 14.6. The quantitative estimate of drug-likeness (QED) is 0.325. The van der Waals surface area contributed by atoms with E-state index in [0.29, 0.717) is 24.0 Å². The first-order valence-electron chi connectivity index (χ1n) is 14.7. The largest absolute Gasteiger partial charge is 0.489 e. The van der Waals surface area contributed by atoms with E-state index in [0.717, 1.165) is 18.2 Å². The lowest BCUT2D eigenvalue weighted by atomic mass is 9.78. The molecule has 2 saturated heterocycles. The number of likely N-dealkylation sites (tertiary alicyclic amines) is 1. The molecule has 13 heteroatoms. The van der Waals surface area contributed by atoms with E-state index in [1.54, 1.807) is 35.2 Å². The molecule has 3 aliphatic rings. The van der Waals surface area contributed by atoms with Gasteiger partial charge < -0.3 is 9.64 Å². The second-order valence-electron chi connectivity index (χ2n) is 11.8. The SMILES string of the molecule is O=C(C1CCS(=O)(=O)CC1)N1CC[C@@]2(S(=O)(=O)c3ccccc3)c3ccc(OCc4c(F)cccc4C(F)(F)F)cc3CC[C@@H]12. The lowest BCUT2D eigenvalue weighted by molar-refractivity contribution is -0.139. The number of fused-ring (bicyclic) bond motifs is 3. The minimum atomic E-state index is -4.78. The summed E-state index contributed by atoms with van der Waals surface area (Å²) < 4.78 is 112. The van der Waals surface area contributed by atoms with E-state index in [-0.39, 0.29) is 53.9 Å². The van der Waals surface area contributed by atoms with Crippen LogP contribution in [0.2, 0.25) is 0 Å². The van der Waals surface area contributed by atoms with Crippen LogP contribution in [-0.2, 0) is 48.4 Å². The molecule has 7 nitrogen and oxygen atoms in total. The number of carbonyl (C=O) groups is 1. The number of sulfone groups is 2. The third-order valence-corrected chi connectivity index (χ3v) is 13.6. The molecule has 45 heavy (non-hydrogen) atoms. The van der Waals surface area contributed by atoms with Crippen LogP contribution >= 0.6 is 0 Å². The number of aryl methyl sites for hydroxylation is 1. The monoisotopic (exact) mass is 665 g/mol. The summed E-state index contributed by atoms with van der Waals surface area (Å²) in [5, 5.41) is 0. The molecule has 0 bridgehead atoms. The Hall–Kier alpha value is -3.45. The van der Waals surface area contributed by atoms with Crippen molar-refractivity contribution < 1.29 is 43.9 Å². The van der Waals surface area contributed by atoms with Crippen molar-refractivity contribution in [3.05, 3.63) is 94.8 Å². The Bertz CT molecular complexity index is 1830. The number of nitrogens with zero attached hydrogens (tertiary/aromatic N) is 1. The predicted octanol–water partition coefficient (Wildman–Crippen LogP) is 5.46. The standard InChI is InChI=1S/C32H31F4NO6S2/c33-28-8-4-7-27(32(34,35)36)25(28)20-43-23-10-11-26-22(19-23)9-12-29-31(26,45(41,42)24-5-2-1-3-6-24)15-16-37(29)30(38)21-13-17-44(39,40)18-14-21/h1-8,10-11,19,21,29H,9,12-18,20H2/t29-,31-/m1/s1. The molecule has 1 amide bonds. The number of carbonyl (C=O) groups excluding carboxylic acids is 1. The maximum Gasteiger partial charge on any atom is 0.416 e. The van der Waals surface area contributed by atoms with Gasteiger partial charge in [0.25, 0.3) is 0 Å². The molecule has 0 spiro atoms. The van der Waals surface area contributed by atoms with Crippen LogP contribution < -0.4 is 4.74 Å². The van der Waals surface area contributed by atoms with Gasteiger partial charge in [-0.15, -0.1) is 0 Å². The normalized spacial score (nSPS) is 23.3. The zero-order chi connectivity index (χ0) is 32.2. The second-order valence-corrected chi connectivity index (χ2v) is 16.3. The highest BCUT2D eigenvalue weighted by Crippen LogP contribution is 2.53. The molecule has 0 radical (unpaired) electrons. The molecule has 0 saturated carbocycles. The maximum absolute atomic E-state index is 14.6. The van der Waals surface area contributed by atoms with Crippen LogP contribution in [0.3, 0.4) is 0 Å². The molecule has 2 atom stereocenters. The molecular formula is C32H31F4NO6S2. The van der Waals surface area contributed by atoms with Crippen molar-refractivity contribution in [2.75, 3.05) is 18.1 Å². The minimum absolute atomic E-state index is 0.0850. The van der Waals surface area contributed by atoms with Gasteiger partial charge in [0.05, 0.1) is 28.0 Å². The molecule has 240 valence electrons. The van der Waals surface area contributed by atoms with E-state index in [1.165, 1.54) is 18.2 Å². The van der Waals surface area contributed by atoms with Crippen LogP contribution in [0, 0.1) is 11.7 Å². The molecule has 2 aliphatic heterocycles. The van der Waals surface area contributed by atoms with E-state index >= 15 is 0 Å². The van der Waals surface area contributed by atoms with E-state index in [9.17, 15) is 39.2 Å². The number of halogens is 4. The van der Waals surface area contributed by atoms with Crippen LogP contribution in [0.4, 0.5) is 17.6 Å². The summed E-state index contributed by atoms with van der Waals surface area (Å²) in [7, 11) is -7.29. The second kappa shape index (κ2) is 11.4. The van der Waals surface area contributed by atoms with Crippen LogP contribution in [0.1, 0.15) is 47.9 Å². The molecule has 3 aromatic carbocycles. The van der Waals surface area contributed by atoms with Crippen molar-refractivity contribution in [3.8, 4) is 5.75 Å². The van der Waals surface area contributed by atoms with Crippen LogP contribution in [-0.4, -0.2) is 51.7 Å². The summed E-state index contributed by atoms with van der Waals surface area (Å²) in [6.07, 6.45) is -3.62. The third kappa shape index (κ3) is 5.51. The fraction of sp³-hybridized carbons (Fsp3) is 0.406. The molecule has 2 fully saturated rings. The van der Waals surface area contributed by atoms with Crippen molar-refractivity contribution >= 4 is 25.6 Å². The van der Waals surface area contributed by atoms with Gasteiger partial charge >= 0.3 is 6.18 Å². The first kappa shape index (κ1) is 31.5. The summed E-state index contributed by atoms with van der Waals surface area (Å²) >= 11 is 0. The van der Waals surface area contributed by atoms with Gasteiger partial charge in [-0.05, 0) is 79.6 Å². The molecule has 3 aromatic rings. The Morgan fingerprint density at radius 1 is 0.978 bits per heavy atom. The zero-order valence-electron chi connectivity index (χ0n) is 24.1. The van der Waals surface area contributed by atoms with E-state index < -0.39 is 66.1 Å². The lowest BCUT2D eigenvalue weighted by Gasteiger charge is -2.43. The Morgan fingerprint density at radius 3 is 2.38 bits per heavy atom. The molecule has 2 heterocycles. The van der Waals surface area contributed by atoms with Gasteiger partial charge in [-0.2, -0.15) is 13.2 Å². The first-order chi connectivity index (χ1) is 21.2. The number of alkyl halides is 3. The number of amides is 1. The maximum atomic E-state index is 14.6. The van der Waals surface area contributed by atoms with E-state index in [2.05, 4.69) is 0 Å². The number of ether oxygens (including phenoxy) is 1. The van der Waals surface area contributed by atoms with Crippen molar-refractivity contribution in [1.29, 1.82) is 0 Å². The van der Waals surface area contributed by atoms with Gasteiger partial charge in [-0.1, -0.05) is 30.3 Å². The summed E-state index contributed by atoms with van der Waals surface area (Å²) in [4.78, 5) is 15.5. The summed E-state index contributed by atoms with van der Waals surface area (Å²) in [5.74, 6) is -1.82. The average molecular weight is 666 g/mol. The fourth-order valence-corrected chi connectivity index (χ4v) is 11.0. The zero-order valence-corrected chi connectivity index (χ0v) is 25.7. The number of hydrogen-bond donors (Lipinski definition) is 0. The lowest BCUT2D eigenvalue weighted by Crippen LogP contribution is -2.53. The van der Waals surface area contributed by atoms with Gasteiger partial charge in [-0.25, -0.2) is 21.2 Å². The highest BCUT2D eigenvalue weighted by molar-refractivity contribution is 7.92. The van der Waals surface area contributed by atoms with Crippen LogP contribution in [0.5, 0.6) is 5.75 Å². The van der Waals surface area contributed by atoms with Crippen LogP contribution in [0.25, 0.3) is 0 Å². The predicted molar refractivity (Wildman–Crippen MR) is 157 cm³/mol. The van der Waals surface area contributed by atoms with E-state index in [1.807, 2.05) is 0 Å². The molecule has 1 aliphatic carbocycles. The van der Waals surface area contributed by atoms with Gasteiger partial charge in [0.15, 0.2) is 9.84 Å². The number of rotatable bonds is 6. The highest BCUT2D eigenvalue weighted by Gasteiger charge is 2.61. The van der Waals surface area contributed by atoms with Crippen molar-refractivity contribution in [1.82, 2.24) is 4.90 Å². The number of benzene rings is 3. The molecular weight excluding hydrogens is 634 g/mol. The van der Waals surface area contributed by atoms with E-state index in [4.69, 9.17) is 4.74 Å². The van der Waals surface area contributed by atoms with Crippen molar-refractivity contribution in [2.45, 2.75) is 60.6 Å². The Morgan fingerprint density at radius 2 is 1.69 bits per heavy atom. The third-order valence-electron chi connectivity index (χ3n) is 9.39. The first-order valence-corrected chi connectivity index (χ1v) is 18.0. The van der Waals surface area contributed by atoms with Crippen LogP contribution in [0.15, 0.2) is 71.6 Å². The molecule has 6 rings (SSSR count). The Balaban J connectivity index is 1.36. The summed E-state index contributed by atoms with van der Waals surface area (Å²) in [5.41, 5.74) is -0.668. The van der Waals surface area contributed by atoms with Crippen molar-refractivity contribution in [2.24, 2.45) is 5.92 Å².